The normalized spacial score (nSPS) is 17.9. The summed E-state index contributed by atoms with van der Waals surface area (Å²) in [5, 5.41) is 16.2. The minimum atomic E-state index is -0.340. The molecule has 1 aromatic carbocycles. The zero-order valence-corrected chi connectivity index (χ0v) is 19.9. The lowest BCUT2D eigenvalue weighted by molar-refractivity contribution is -0.0224. The average molecular weight is 513 g/mol. The standard InChI is InChI=1S/C23H21ClN6O4S/c24-17-4-2-12(30-23(33)18-7-25-11-35-18)5-15(17)20(32)16-6-26-21-19(16)22(28-10-27-21)29-13-1-3-14(8-31)34-9-13/h2,4-7,10-11,13-14,31H,1,3,8-9H2,(H,30,33)(H2,26,27,28,29)/t13-,14+/m1/s1. The fourth-order valence-electron chi connectivity index (χ4n) is 3.95. The van der Waals surface area contributed by atoms with Gasteiger partial charge in [0.05, 0.1) is 53.0 Å². The molecule has 1 amide bonds. The number of aromatic amines is 1. The third-order valence-corrected chi connectivity index (χ3v) is 6.86. The fourth-order valence-corrected chi connectivity index (χ4v) is 4.67. The molecule has 0 radical (unpaired) electrons. The first kappa shape index (κ1) is 23.4. The molecule has 12 heteroatoms. The highest BCUT2D eigenvalue weighted by Gasteiger charge is 2.25. The number of halogens is 1. The molecule has 5 rings (SSSR count). The third-order valence-electron chi connectivity index (χ3n) is 5.75. The van der Waals surface area contributed by atoms with Crippen LogP contribution in [0.5, 0.6) is 0 Å². The molecular formula is C23H21ClN6O4S. The van der Waals surface area contributed by atoms with Gasteiger partial charge in [-0.25, -0.2) is 9.97 Å². The molecule has 0 aliphatic carbocycles. The number of ketones is 1. The number of hydrogen-bond acceptors (Lipinski definition) is 9. The summed E-state index contributed by atoms with van der Waals surface area (Å²) in [6.07, 6.45) is 5.82. The van der Waals surface area contributed by atoms with Crippen LogP contribution in [0.4, 0.5) is 11.5 Å². The molecule has 35 heavy (non-hydrogen) atoms. The molecule has 4 N–H and O–H groups in total. The highest BCUT2D eigenvalue weighted by Crippen LogP contribution is 2.30. The molecule has 0 unspecified atom stereocenters. The number of fused-ring (bicyclic) bond motifs is 1. The van der Waals surface area contributed by atoms with Crippen molar-refractivity contribution in [1.82, 2.24) is 19.9 Å². The SMILES string of the molecule is O=C(Nc1ccc(Cl)c(C(=O)c2c[nH]c3ncnc(N[C@@H]4CC[C@@H](CO)OC4)c23)c1)c1cncs1. The first-order valence-electron chi connectivity index (χ1n) is 10.9. The Labute approximate surface area is 208 Å². The Morgan fingerprint density at radius 2 is 2.14 bits per heavy atom. The van der Waals surface area contributed by atoms with Crippen molar-refractivity contribution >= 4 is 57.2 Å². The van der Waals surface area contributed by atoms with E-state index in [1.54, 1.807) is 29.9 Å². The molecular weight excluding hydrogens is 492 g/mol. The Morgan fingerprint density at radius 1 is 1.26 bits per heavy atom. The monoisotopic (exact) mass is 512 g/mol. The largest absolute Gasteiger partial charge is 0.394 e. The number of nitrogens with one attached hydrogen (secondary N) is 3. The number of aromatic nitrogens is 4. The Balaban J connectivity index is 1.42. The summed E-state index contributed by atoms with van der Waals surface area (Å²) in [4.78, 5) is 42.0. The van der Waals surface area contributed by atoms with Crippen molar-refractivity contribution < 1.29 is 19.4 Å². The van der Waals surface area contributed by atoms with E-state index in [-0.39, 0.29) is 41.0 Å². The van der Waals surface area contributed by atoms with Gasteiger partial charge in [-0.05, 0) is 31.0 Å². The van der Waals surface area contributed by atoms with E-state index in [4.69, 9.17) is 16.3 Å². The average Bonchev–Trinajstić information content (AvgIpc) is 3.56. The number of rotatable bonds is 7. The molecule has 2 atom stereocenters. The molecule has 3 aromatic heterocycles. The molecule has 0 bridgehead atoms. The number of carbonyl (C=O) groups is 2. The summed E-state index contributed by atoms with van der Waals surface area (Å²) in [6, 6.07) is 4.72. The number of hydrogen-bond donors (Lipinski definition) is 4. The van der Waals surface area contributed by atoms with Gasteiger partial charge in [-0.3, -0.25) is 14.6 Å². The minimum Gasteiger partial charge on any atom is -0.394 e. The number of aliphatic hydroxyl groups is 1. The van der Waals surface area contributed by atoms with Crippen molar-refractivity contribution in [3.8, 4) is 0 Å². The van der Waals surface area contributed by atoms with Crippen LogP contribution in [0.3, 0.4) is 0 Å². The molecule has 0 spiro atoms. The van der Waals surface area contributed by atoms with Gasteiger partial charge < -0.3 is 25.5 Å². The topological polar surface area (TPSA) is 142 Å². The van der Waals surface area contributed by atoms with E-state index < -0.39 is 0 Å². The van der Waals surface area contributed by atoms with Crippen molar-refractivity contribution in [2.45, 2.75) is 25.0 Å². The molecule has 4 aromatic rings. The van der Waals surface area contributed by atoms with E-state index in [1.807, 2.05) is 0 Å². The van der Waals surface area contributed by atoms with Crippen molar-refractivity contribution in [1.29, 1.82) is 0 Å². The van der Waals surface area contributed by atoms with E-state index in [0.717, 1.165) is 12.8 Å². The number of thiazole rings is 1. The van der Waals surface area contributed by atoms with Crippen molar-refractivity contribution in [2.24, 2.45) is 0 Å². The Bertz CT molecular complexity index is 1370. The van der Waals surface area contributed by atoms with Gasteiger partial charge in [0.1, 0.15) is 22.7 Å². The number of anilines is 2. The molecule has 1 aliphatic heterocycles. The molecule has 4 heterocycles. The quantitative estimate of drug-likeness (QED) is 0.276. The number of amides is 1. The van der Waals surface area contributed by atoms with Gasteiger partial charge in [-0.1, -0.05) is 11.6 Å². The first-order valence-corrected chi connectivity index (χ1v) is 12.1. The van der Waals surface area contributed by atoms with Crippen LogP contribution in [-0.2, 0) is 4.74 Å². The third kappa shape index (κ3) is 4.89. The lowest BCUT2D eigenvalue weighted by Gasteiger charge is -2.29. The van der Waals surface area contributed by atoms with Gasteiger partial charge in [0, 0.05) is 17.4 Å². The van der Waals surface area contributed by atoms with E-state index in [0.29, 0.717) is 39.6 Å². The van der Waals surface area contributed by atoms with E-state index in [2.05, 4.69) is 30.6 Å². The number of aliphatic hydroxyl groups excluding tert-OH is 1. The molecule has 1 aliphatic rings. The molecule has 180 valence electrons. The highest BCUT2D eigenvalue weighted by atomic mass is 35.5. The maximum atomic E-state index is 13.6. The van der Waals surface area contributed by atoms with Crippen LogP contribution < -0.4 is 10.6 Å². The second kappa shape index (κ2) is 10.1. The van der Waals surface area contributed by atoms with Crippen LogP contribution in [0.15, 0.2) is 42.4 Å². The Kier molecular flexibility index (Phi) is 6.73. The summed E-state index contributed by atoms with van der Waals surface area (Å²) >= 11 is 7.60. The van der Waals surface area contributed by atoms with Crippen LogP contribution in [0, 0.1) is 0 Å². The summed E-state index contributed by atoms with van der Waals surface area (Å²) < 4.78 is 5.65. The molecule has 0 saturated carbocycles. The fraction of sp³-hybridized carbons (Fsp3) is 0.261. The smallest absolute Gasteiger partial charge is 0.267 e. The number of ether oxygens (including phenoxy) is 1. The van der Waals surface area contributed by atoms with Crippen LogP contribution in [0.1, 0.15) is 38.4 Å². The second-order valence-corrected chi connectivity index (χ2v) is 9.34. The first-order chi connectivity index (χ1) is 17.0. The predicted molar refractivity (Wildman–Crippen MR) is 132 cm³/mol. The Hall–Kier alpha value is -3.38. The van der Waals surface area contributed by atoms with Gasteiger partial charge in [0.25, 0.3) is 5.91 Å². The summed E-state index contributed by atoms with van der Waals surface area (Å²) in [5.41, 5.74) is 3.09. The highest BCUT2D eigenvalue weighted by molar-refractivity contribution is 7.11. The number of H-pyrrole nitrogens is 1. The summed E-state index contributed by atoms with van der Waals surface area (Å²) in [7, 11) is 0. The van der Waals surface area contributed by atoms with Crippen LogP contribution in [0.2, 0.25) is 5.02 Å². The van der Waals surface area contributed by atoms with Gasteiger partial charge in [0.15, 0.2) is 5.78 Å². The zero-order chi connectivity index (χ0) is 24.4. The van der Waals surface area contributed by atoms with Gasteiger partial charge in [0.2, 0.25) is 0 Å². The molecule has 10 nitrogen and oxygen atoms in total. The van der Waals surface area contributed by atoms with Crippen molar-refractivity contribution in [3.05, 3.63) is 63.5 Å². The maximum Gasteiger partial charge on any atom is 0.267 e. The zero-order valence-electron chi connectivity index (χ0n) is 18.3. The van der Waals surface area contributed by atoms with Crippen molar-refractivity contribution in [3.63, 3.8) is 0 Å². The number of benzene rings is 1. The summed E-state index contributed by atoms with van der Waals surface area (Å²) in [5.74, 6) is -0.159. The van der Waals surface area contributed by atoms with Crippen LogP contribution in [0.25, 0.3) is 11.0 Å². The lowest BCUT2D eigenvalue weighted by atomic mass is 10.0. The van der Waals surface area contributed by atoms with Crippen molar-refractivity contribution in [2.75, 3.05) is 23.8 Å². The number of nitrogens with zero attached hydrogens (tertiary/aromatic N) is 3. The minimum absolute atomic E-state index is 0.00851. The van der Waals surface area contributed by atoms with Gasteiger partial charge in [-0.2, -0.15) is 0 Å². The van der Waals surface area contributed by atoms with Gasteiger partial charge in [-0.15, -0.1) is 11.3 Å². The van der Waals surface area contributed by atoms with Crippen LogP contribution in [-0.4, -0.2) is 62.1 Å². The van der Waals surface area contributed by atoms with E-state index in [9.17, 15) is 14.7 Å². The summed E-state index contributed by atoms with van der Waals surface area (Å²) in [6.45, 7) is 0.406. The second-order valence-electron chi connectivity index (χ2n) is 8.05. The van der Waals surface area contributed by atoms with E-state index in [1.165, 1.54) is 23.9 Å². The molecule has 1 saturated heterocycles. The molecule has 1 fully saturated rings. The number of carbonyl (C=O) groups excluding carboxylic acids is 2. The van der Waals surface area contributed by atoms with E-state index >= 15 is 0 Å². The predicted octanol–water partition coefficient (Wildman–Crippen LogP) is 3.50. The van der Waals surface area contributed by atoms with Gasteiger partial charge >= 0.3 is 0 Å². The Morgan fingerprint density at radius 3 is 2.89 bits per heavy atom. The lowest BCUT2D eigenvalue weighted by Crippen LogP contribution is -2.36. The maximum absolute atomic E-state index is 13.6. The van der Waals surface area contributed by atoms with Crippen LogP contribution >= 0.6 is 22.9 Å².